The number of aromatic nitrogens is 1. The molecule has 1 heterocycles. The Labute approximate surface area is 355 Å². The zero-order valence-corrected chi connectivity index (χ0v) is 33.5. The zero-order chi connectivity index (χ0) is 40.7. The van der Waals surface area contributed by atoms with Gasteiger partial charge in [0.05, 0.1) is 16.7 Å². The van der Waals surface area contributed by atoms with Crippen LogP contribution < -0.4 is 5.73 Å². The van der Waals surface area contributed by atoms with Crippen LogP contribution in [0.1, 0.15) is 16.7 Å². The van der Waals surface area contributed by atoms with Crippen LogP contribution in [-0.2, 0) is 6.42 Å². The lowest BCUT2D eigenvalue weighted by atomic mass is 9.84. The standard InChI is InChI=1S/C58H41N3/c59-58(44-19-6-2-7-20-44)60-52(36-28-39-29-37-54-51(38-39)47-24-14-15-27-53(47)61(54)45-21-8-3-9-22-45)41-30-32-43(33-31-41)56-49-26-13-12-25-48(49)55(42-17-4-1-5-18-42)50-35-34-40-16-10-11-23-46(40)57(50)56/h1-27,29-38H,28H2,(H2,59,60)/b52-36-. The third-order valence-electron chi connectivity index (χ3n) is 12.0. The smallest absolute Gasteiger partial charge is 0.131 e. The fourth-order valence-electron chi connectivity index (χ4n) is 9.22. The van der Waals surface area contributed by atoms with Crippen molar-refractivity contribution in [2.45, 2.75) is 6.42 Å². The number of para-hydroxylation sites is 2. The molecule has 61 heavy (non-hydrogen) atoms. The van der Waals surface area contributed by atoms with Gasteiger partial charge in [0.15, 0.2) is 0 Å². The molecule has 3 heteroatoms. The van der Waals surface area contributed by atoms with Crippen molar-refractivity contribution in [1.29, 1.82) is 0 Å². The van der Waals surface area contributed by atoms with Crippen molar-refractivity contribution in [3.05, 3.63) is 241 Å². The maximum Gasteiger partial charge on any atom is 0.131 e. The van der Waals surface area contributed by atoms with Crippen LogP contribution >= 0.6 is 0 Å². The Bertz CT molecular complexity index is 3470. The van der Waals surface area contributed by atoms with E-state index in [-0.39, 0.29) is 0 Å². The molecule has 0 aliphatic heterocycles. The van der Waals surface area contributed by atoms with Gasteiger partial charge in [-0.15, -0.1) is 0 Å². The minimum Gasteiger partial charge on any atom is -0.383 e. The summed E-state index contributed by atoms with van der Waals surface area (Å²) in [7, 11) is 0. The van der Waals surface area contributed by atoms with Gasteiger partial charge in [0, 0.05) is 22.0 Å². The fourth-order valence-corrected chi connectivity index (χ4v) is 9.22. The van der Waals surface area contributed by atoms with Crippen LogP contribution in [0, 0.1) is 0 Å². The van der Waals surface area contributed by atoms with Gasteiger partial charge in [-0.05, 0) is 102 Å². The largest absolute Gasteiger partial charge is 0.383 e. The Morgan fingerprint density at radius 1 is 0.443 bits per heavy atom. The Morgan fingerprint density at radius 3 is 1.79 bits per heavy atom. The maximum atomic E-state index is 6.76. The van der Waals surface area contributed by atoms with E-state index in [1.807, 2.05) is 30.3 Å². The lowest BCUT2D eigenvalue weighted by Crippen LogP contribution is -2.13. The summed E-state index contributed by atoms with van der Waals surface area (Å²) in [6.07, 6.45) is 2.90. The Balaban J connectivity index is 1.05. The molecular weight excluding hydrogens is 739 g/mol. The molecular formula is C58H41N3. The highest BCUT2D eigenvalue weighted by Gasteiger charge is 2.19. The molecule has 2 N–H and O–H groups in total. The van der Waals surface area contributed by atoms with Crippen molar-refractivity contribution in [3.63, 3.8) is 0 Å². The van der Waals surface area contributed by atoms with Gasteiger partial charge >= 0.3 is 0 Å². The average Bonchev–Trinajstić information content (AvgIpc) is 3.66. The summed E-state index contributed by atoms with van der Waals surface area (Å²) in [6.45, 7) is 0. The highest BCUT2D eigenvalue weighted by atomic mass is 15.0. The first kappa shape index (κ1) is 36.1. The number of nitrogens with two attached hydrogens (primary N) is 1. The number of rotatable bonds is 8. The molecule has 10 aromatic carbocycles. The molecule has 0 spiro atoms. The van der Waals surface area contributed by atoms with Crippen LogP contribution in [0.4, 0.5) is 0 Å². The van der Waals surface area contributed by atoms with Gasteiger partial charge in [-0.3, -0.25) is 0 Å². The lowest BCUT2D eigenvalue weighted by Gasteiger charge is -2.19. The summed E-state index contributed by atoms with van der Waals surface area (Å²) >= 11 is 0. The molecule has 11 rings (SSSR count). The molecule has 0 aliphatic carbocycles. The summed E-state index contributed by atoms with van der Waals surface area (Å²) in [5.74, 6) is 0.484. The molecule has 1 aromatic heterocycles. The molecule has 0 fully saturated rings. The van der Waals surface area contributed by atoms with Crippen LogP contribution in [-0.4, -0.2) is 10.4 Å². The summed E-state index contributed by atoms with van der Waals surface area (Å²) in [4.78, 5) is 5.13. The van der Waals surface area contributed by atoms with Gasteiger partial charge in [-0.2, -0.15) is 0 Å². The van der Waals surface area contributed by atoms with Crippen molar-refractivity contribution in [2.24, 2.45) is 10.7 Å². The Hall–Kier alpha value is -8.01. The van der Waals surface area contributed by atoms with E-state index in [1.54, 1.807) is 0 Å². The molecule has 0 unspecified atom stereocenters. The van der Waals surface area contributed by atoms with Gasteiger partial charge < -0.3 is 10.3 Å². The maximum absolute atomic E-state index is 6.76. The lowest BCUT2D eigenvalue weighted by molar-refractivity contribution is 1.18. The van der Waals surface area contributed by atoms with Gasteiger partial charge in [-0.1, -0.05) is 194 Å². The van der Waals surface area contributed by atoms with E-state index in [1.165, 1.54) is 76.4 Å². The molecule has 0 atom stereocenters. The van der Waals surface area contributed by atoms with Crippen molar-refractivity contribution in [3.8, 4) is 27.9 Å². The molecule has 0 saturated carbocycles. The molecule has 0 bridgehead atoms. The number of nitrogens with zero attached hydrogens (tertiary/aromatic N) is 2. The van der Waals surface area contributed by atoms with Crippen molar-refractivity contribution in [1.82, 2.24) is 4.57 Å². The molecule has 288 valence electrons. The van der Waals surface area contributed by atoms with Gasteiger partial charge in [0.2, 0.25) is 0 Å². The third-order valence-corrected chi connectivity index (χ3v) is 12.0. The normalized spacial score (nSPS) is 12.3. The van der Waals surface area contributed by atoms with Crippen molar-refractivity contribution >= 4 is 65.7 Å². The Kier molecular flexibility index (Phi) is 9.05. The number of fused-ring (bicyclic) bond motifs is 7. The number of aliphatic imine (C=N–C) groups is 1. The van der Waals surface area contributed by atoms with E-state index in [0.717, 1.165) is 28.1 Å². The SMILES string of the molecule is NC(=N/C(=C\Cc1ccc2c(c1)c1ccccc1n2-c1ccccc1)c1ccc(-c2c3ccccc3c(-c3ccccc3)c3ccc4ccccc4c23)cc1)c1ccccc1. The fraction of sp³-hybridized carbons (Fsp3) is 0.0172. The average molecular weight is 780 g/mol. The number of allylic oxidation sites excluding steroid dienone is 1. The molecule has 0 amide bonds. The molecule has 0 aliphatic rings. The molecule has 0 saturated heterocycles. The minimum absolute atomic E-state index is 0.484. The second-order valence-corrected chi connectivity index (χ2v) is 15.6. The third kappa shape index (κ3) is 6.44. The number of hydrogen-bond acceptors (Lipinski definition) is 1. The summed E-state index contributed by atoms with van der Waals surface area (Å²) in [5, 5.41) is 9.89. The number of hydrogen-bond donors (Lipinski definition) is 1. The van der Waals surface area contributed by atoms with E-state index < -0.39 is 0 Å². The molecule has 0 radical (unpaired) electrons. The van der Waals surface area contributed by atoms with E-state index in [9.17, 15) is 0 Å². The van der Waals surface area contributed by atoms with Crippen LogP contribution in [0.3, 0.4) is 0 Å². The van der Waals surface area contributed by atoms with Gasteiger partial charge in [0.25, 0.3) is 0 Å². The highest BCUT2D eigenvalue weighted by Crippen LogP contribution is 2.46. The van der Waals surface area contributed by atoms with E-state index >= 15 is 0 Å². The molecule has 11 aromatic rings. The van der Waals surface area contributed by atoms with E-state index in [4.69, 9.17) is 10.7 Å². The predicted molar refractivity (Wildman–Crippen MR) is 259 cm³/mol. The summed E-state index contributed by atoms with van der Waals surface area (Å²) in [6, 6.07) is 78.0. The summed E-state index contributed by atoms with van der Waals surface area (Å²) in [5.41, 5.74) is 19.1. The van der Waals surface area contributed by atoms with Crippen LogP contribution in [0.5, 0.6) is 0 Å². The van der Waals surface area contributed by atoms with Gasteiger partial charge in [0.1, 0.15) is 5.84 Å². The first-order chi connectivity index (χ1) is 30.2. The highest BCUT2D eigenvalue weighted by molar-refractivity contribution is 6.28. The molecule has 3 nitrogen and oxygen atoms in total. The topological polar surface area (TPSA) is 43.3 Å². The second-order valence-electron chi connectivity index (χ2n) is 15.6. The summed E-state index contributed by atoms with van der Waals surface area (Å²) < 4.78 is 2.35. The van der Waals surface area contributed by atoms with Crippen molar-refractivity contribution < 1.29 is 0 Å². The number of amidine groups is 1. The monoisotopic (exact) mass is 779 g/mol. The quantitative estimate of drug-likeness (QED) is 0.0710. The van der Waals surface area contributed by atoms with Crippen LogP contribution in [0.25, 0.3) is 87.8 Å². The van der Waals surface area contributed by atoms with Gasteiger partial charge in [-0.25, -0.2) is 4.99 Å². The first-order valence-corrected chi connectivity index (χ1v) is 20.9. The Morgan fingerprint density at radius 2 is 1.03 bits per heavy atom. The van der Waals surface area contributed by atoms with Crippen LogP contribution in [0.2, 0.25) is 0 Å². The minimum atomic E-state index is 0.484. The van der Waals surface area contributed by atoms with Crippen LogP contribution in [0.15, 0.2) is 229 Å². The number of benzene rings is 10. The first-order valence-electron chi connectivity index (χ1n) is 20.9. The van der Waals surface area contributed by atoms with E-state index in [2.05, 4.69) is 199 Å². The second kappa shape index (κ2) is 15.3. The van der Waals surface area contributed by atoms with Crippen molar-refractivity contribution in [2.75, 3.05) is 0 Å². The van der Waals surface area contributed by atoms with E-state index in [0.29, 0.717) is 12.3 Å². The predicted octanol–water partition coefficient (Wildman–Crippen LogP) is 14.6. The zero-order valence-electron chi connectivity index (χ0n) is 33.5.